The Bertz CT molecular complexity index is 629. The van der Waals surface area contributed by atoms with Gasteiger partial charge in [-0.3, -0.25) is 9.59 Å². The predicted molar refractivity (Wildman–Crippen MR) is 77.0 cm³/mol. The minimum atomic E-state index is -0.864. The molecule has 0 aliphatic rings. The number of aliphatic carboxylic acids is 1. The SMILES string of the molecule is CN(CCCC(=O)O)C(=O)c1cnc(-c2ncccn2)s1. The molecule has 2 aromatic rings. The van der Waals surface area contributed by atoms with Crippen LogP contribution in [0, 0.1) is 0 Å². The minimum absolute atomic E-state index is 0.0451. The van der Waals surface area contributed by atoms with Crippen molar-refractivity contribution in [2.24, 2.45) is 0 Å². The van der Waals surface area contributed by atoms with Crippen molar-refractivity contribution in [1.82, 2.24) is 19.9 Å². The zero-order chi connectivity index (χ0) is 15.2. The van der Waals surface area contributed by atoms with Crippen LogP contribution >= 0.6 is 11.3 Å². The molecule has 0 saturated carbocycles. The van der Waals surface area contributed by atoms with Crippen molar-refractivity contribution in [3.8, 4) is 10.8 Å². The summed E-state index contributed by atoms with van der Waals surface area (Å²) in [5.41, 5.74) is 0. The first-order valence-electron chi connectivity index (χ1n) is 6.28. The molecule has 2 heterocycles. The number of carbonyl (C=O) groups is 2. The lowest BCUT2D eigenvalue weighted by molar-refractivity contribution is -0.137. The summed E-state index contributed by atoms with van der Waals surface area (Å²) in [7, 11) is 1.64. The highest BCUT2D eigenvalue weighted by atomic mass is 32.1. The quantitative estimate of drug-likeness (QED) is 0.869. The zero-order valence-electron chi connectivity index (χ0n) is 11.4. The molecule has 1 N–H and O–H groups in total. The highest BCUT2D eigenvalue weighted by Crippen LogP contribution is 2.22. The molecule has 110 valence electrons. The van der Waals surface area contributed by atoms with Gasteiger partial charge in [-0.05, 0) is 12.5 Å². The average Bonchev–Trinajstić information content (AvgIpc) is 2.96. The Morgan fingerprint density at radius 1 is 1.29 bits per heavy atom. The van der Waals surface area contributed by atoms with Crippen LogP contribution in [0.15, 0.2) is 24.7 Å². The maximum atomic E-state index is 12.2. The van der Waals surface area contributed by atoms with Crippen LogP contribution in [0.25, 0.3) is 10.8 Å². The van der Waals surface area contributed by atoms with Crippen molar-refractivity contribution in [1.29, 1.82) is 0 Å². The van der Waals surface area contributed by atoms with Gasteiger partial charge in [0.25, 0.3) is 5.91 Å². The van der Waals surface area contributed by atoms with Gasteiger partial charge in [0.15, 0.2) is 10.8 Å². The van der Waals surface area contributed by atoms with E-state index < -0.39 is 5.97 Å². The molecule has 0 fully saturated rings. The highest BCUT2D eigenvalue weighted by Gasteiger charge is 2.16. The number of carbonyl (C=O) groups excluding carboxylic acids is 1. The van der Waals surface area contributed by atoms with E-state index in [4.69, 9.17) is 5.11 Å². The molecule has 0 aliphatic carbocycles. The highest BCUT2D eigenvalue weighted by molar-refractivity contribution is 7.16. The van der Waals surface area contributed by atoms with Gasteiger partial charge in [-0.15, -0.1) is 11.3 Å². The molecule has 21 heavy (non-hydrogen) atoms. The summed E-state index contributed by atoms with van der Waals surface area (Å²) in [6, 6.07) is 1.71. The van der Waals surface area contributed by atoms with Crippen LogP contribution < -0.4 is 0 Å². The Balaban J connectivity index is 2.00. The van der Waals surface area contributed by atoms with Crippen molar-refractivity contribution in [3.63, 3.8) is 0 Å². The van der Waals surface area contributed by atoms with Crippen molar-refractivity contribution in [2.45, 2.75) is 12.8 Å². The van der Waals surface area contributed by atoms with E-state index in [1.54, 1.807) is 25.5 Å². The van der Waals surface area contributed by atoms with Gasteiger partial charge in [-0.25, -0.2) is 15.0 Å². The van der Waals surface area contributed by atoms with E-state index in [0.29, 0.717) is 28.7 Å². The molecule has 0 saturated heterocycles. The first kappa shape index (κ1) is 15.0. The molecular formula is C13H14N4O3S. The number of thiazole rings is 1. The summed E-state index contributed by atoms with van der Waals surface area (Å²) in [5, 5.41) is 9.17. The lowest BCUT2D eigenvalue weighted by Gasteiger charge is -2.14. The van der Waals surface area contributed by atoms with Crippen LogP contribution in [0.5, 0.6) is 0 Å². The Hall–Kier alpha value is -2.35. The fraction of sp³-hybridized carbons (Fsp3) is 0.308. The van der Waals surface area contributed by atoms with Gasteiger partial charge in [-0.2, -0.15) is 0 Å². The summed E-state index contributed by atoms with van der Waals surface area (Å²) in [5.74, 6) is -0.563. The number of amides is 1. The second kappa shape index (κ2) is 6.89. The molecule has 2 rings (SSSR count). The summed E-state index contributed by atoms with van der Waals surface area (Å²) in [6.45, 7) is 0.389. The number of carboxylic acid groups (broad SMARTS) is 1. The minimum Gasteiger partial charge on any atom is -0.481 e. The Kier molecular flexibility index (Phi) is 4.94. The van der Waals surface area contributed by atoms with Crippen LogP contribution in [0.4, 0.5) is 0 Å². The molecule has 0 aliphatic heterocycles. The maximum absolute atomic E-state index is 12.2. The van der Waals surface area contributed by atoms with Gasteiger partial charge in [0.05, 0.1) is 6.20 Å². The molecule has 1 amide bonds. The maximum Gasteiger partial charge on any atom is 0.303 e. The molecule has 0 radical (unpaired) electrons. The molecule has 0 bridgehead atoms. The Labute approximate surface area is 125 Å². The van der Waals surface area contributed by atoms with Crippen LogP contribution in [-0.2, 0) is 4.79 Å². The number of hydrogen-bond donors (Lipinski definition) is 1. The van der Waals surface area contributed by atoms with E-state index in [2.05, 4.69) is 15.0 Å². The van der Waals surface area contributed by atoms with E-state index in [9.17, 15) is 9.59 Å². The Morgan fingerprint density at radius 2 is 2.00 bits per heavy atom. The first-order valence-corrected chi connectivity index (χ1v) is 7.10. The van der Waals surface area contributed by atoms with Gasteiger partial charge in [0.1, 0.15) is 4.88 Å². The summed E-state index contributed by atoms with van der Waals surface area (Å²) in [6.07, 6.45) is 5.19. The van der Waals surface area contributed by atoms with Crippen molar-refractivity contribution < 1.29 is 14.7 Å². The summed E-state index contributed by atoms with van der Waals surface area (Å²) >= 11 is 1.22. The van der Waals surface area contributed by atoms with E-state index in [-0.39, 0.29) is 12.3 Å². The monoisotopic (exact) mass is 306 g/mol. The molecule has 2 aromatic heterocycles. The number of hydrogen-bond acceptors (Lipinski definition) is 6. The predicted octanol–water partition coefficient (Wildman–Crippen LogP) is 1.54. The number of nitrogens with zero attached hydrogens (tertiary/aromatic N) is 4. The number of rotatable bonds is 6. The second-order valence-corrected chi connectivity index (χ2v) is 5.36. The van der Waals surface area contributed by atoms with E-state index in [1.165, 1.54) is 22.4 Å². The van der Waals surface area contributed by atoms with Crippen LogP contribution in [0.2, 0.25) is 0 Å². The molecule has 0 spiro atoms. The van der Waals surface area contributed by atoms with Gasteiger partial charge < -0.3 is 10.0 Å². The molecule has 0 unspecified atom stereocenters. The van der Waals surface area contributed by atoms with Crippen LogP contribution in [0.3, 0.4) is 0 Å². The second-order valence-electron chi connectivity index (χ2n) is 4.33. The van der Waals surface area contributed by atoms with Crippen LogP contribution in [0.1, 0.15) is 22.5 Å². The smallest absolute Gasteiger partial charge is 0.303 e. The molecule has 0 atom stereocenters. The Morgan fingerprint density at radius 3 is 2.67 bits per heavy atom. The third-order valence-electron chi connectivity index (χ3n) is 2.70. The van der Waals surface area contributed by atoms with Gasteiger partial charge in [-0.1, -0.05) is 0 Å². The van der Waals surface area contributed by atoms with Crippen molar-refractivity contribution >= 4 is 23.2 Å². The molecular weight excluding hydrogens is 292 g/mol. The normalized spacial score (nSPS) is 10.3. The molecule has 7 nitrogen and oxygen atoms in total. The fourth-order valence-electron chi connectivity index (χ4n) is 1.64. The van der Waals surface area contributed by atoms with Gasteiger partial charge in [0.2, 0.25) is 0 Å². The average molecular weight is 306 g/mol. The van der Waals surface area contributed by atoms with Gasteiger partial charge in [0, 0.05) is 32.4 Å². The van der Waals surface area contributed by atoms with Crippen LogP contribution in [-0.4, -0.2) is 50.4 Å². The molecule has 0 aromatic carbocycles. The zero-order valence-corrected chi connectivity index (χ0v) is 12.2. The van der Waals surface area contributed by atoms with E-state index in [0.717, 1.165) is 0 Å². The van der Waals surface area contributed by atoms with E-state index in [1.807, 2.05) is 0 Å². The lowest BCUT2D eigenvalue weighted by atomic mass is 10.3. The lowest BCUT2D eigenvalue weighted by Crippen LogP contribution is -2.27. The third kappa shape index (κ3) is 4.06. The standard InChI is InChI=1S/C13H14N4O3S/c1-17(7-2-4-10(18)19)13(20)9-8-16-12(21-9)11-14-5-3-6-15-11/h3,5-6,8H,2,4,7H2,1H3,(H,18,19). The fourth-order valence-corrected chi connectivity index (χ4v) is 2.50. The van der Waals surface area contributed by atoms with Gasteiger partial charge >= 0.3 is 5.97 Å². The number of aromatic nitrogens is 3. The molecule has 8 heteroatoms. The summed E-state index contributed by atoms with van der Waals surface area (Å²) in [4.78, 5) is 36.9. The van der Waals surface area contributed by atoms with Crippen molar-refractivity contribution in [2.75, 3.05) is 13.6 Å². The number of carboxylic acids is 1. The topological polar surface area (TPSA) is 96.3 Å². The third-order valence-corrected chi connectivity index (χ3v) is 3.69. The van der Waals surface area contributed by atoms with Crippen molar-refractivity contribution in [3.05, 3.63) is 29.5 Å². The summed E-state index contributed by atoms with van der Waals surface area (Å²) < 4.78 is 0. The van der Waals surface area contributed by atoms with E-state index >= 15 is 0 Å². The first-order chi connectivity index (χ1) is 10.1. The largest absolute Gasteiger partial charge is 0.481 e.